The van der Waals surface area contributed by atoms with Crippen LogP contribution in [-0.4, -0.2) is 46.8 Å². The van der Waals surface area contributed by atoms with Gasteiger partial charge in [0.15, 0.2) is 0 Å². The minimum absolute atomic E-state index is 0.0543. The van der Waals surface area contributed by atoms with E-state index in [1.54, 1.807) is 24.9 Å². The smallest absolute Gasteiger partial charge is 0.272 e. The predicted octanol–water partition coefficient (Wildman–Crippen LogP) is 3.51. The van der Waals surface area contributed by atoms with Gasteiger partial charge in [-0.1, -0.05) is 42.5 Å². The van der Waals surface area contributed by atoms with Gasteiger partial charge >= 0.3 is 0 Å². The van der Waals surface area contributed by atoms with E-state index >= 15 is 0 Å². The SMILES string of the molecule is CSc1ccccc1NC(=O)CN(C)C(=O)c1cc(-c2ccccc2)n[nH]1. The van der Waals surface area contributed by atoms with Crippen LogP contribution in [0.5, 0.6) is 0 Å². The van der Waals surface area contributed by atoms with Gasteiger partial charge in [-0.25, -0.2) is 0 Å². The molecular weight excluding hydrogens is 360 g/mol. The molecule has 0 atom stereocenters. The summed E-state index contributed by atoms with van der Waals surface area (Å²) in [5.74, 6) is -0.548. The first-order chi connectivity index (χ1) is 13.1. The third kappa shape index (κ3) is 4.57. The molecule has 2 aromatic carbocycles. The molecule has 0 spiro atoms. The average molecular weight is 380 g/mol. The average Bonchev–Trinajstić information content (AvgIpc) is 3.18. The molecule has 0 aliphatic rings. The van der Waals surface area contributed by atoms with Gasteiger partial charge in [-0.3, -0.25) is 14.7 Å². The normalized spacial score (nSPS) is 10.4. The van der Waals surface area contributed by atoms with Crippen molar-refractivity contribution < 1.29 is 9.59 Å². The fourth-order valence-corrected chi connectivity index (χ4v) is 3.17. The van der Waals surface area contributed by atoms with Gasteiger partial charge in [-0.15, -0.1) is 11.8 Å². The molecule has 3 aromatic rings. The van der Waals surface area contributed by atoms with Gasteiger partial charge < -0.3 is 10.2 Å². The number of aromatic nitrogens is 2. The minimum Gasteiger partial charge on any atom is -0.331 e. The molecule has 138 valence electrons. The number of para-hydroxylation sites is 1. The van der Waals surface area contributed by atoms with Gasteiger partial charge in [0, 0.05) is 17.5 Å². The highest BCUT2D eigenvalue weighted by Gasteiger charge is 2.18. The van der Waals surface area contributed by atoms with Gasteiger partial charge in [-0.2, -0.15) is 5.10 Å². The summed E-state index contributed by atoms with van der Waals surface area (Å²) in [6.45, 7) is -0.0543. The fraction of sp³-hybridized carbons (Fsp3) is 0.150. The zero-order valence-electron chi connectivity index (χ0n) is 15.1. The lowest BCUT2D eigenvalue weighted by Crippen LogP contribution is -2.35. The van der Waals surface area contributed by atoms with Gasteiger partial charge in [0.25, 0.3) is 5.91 Å². The lowest BCUT2D eigenvalue weighted by Gasteiger charge is -2.16. The summed E-state index contributed by atoms with van der Waals surface area (Å²) in [7, 11) is 1.59. The topological polar surface area (TPSA) is 78.1 Å². The summed E-state index contributed by atoms with van der Waals surface area (Å²) in [5.41, 5.74) is 2.69. The summed E-state index contributed by atoms with van der Waals surface area (Å²) in [6, 6.07) is 18.8. The second-order valence-corrected chi connectivity index (χ2v) is 6.79. The van der Waals surface area contributed by atoms with Crippen LogP contribution in [0.1, 0.15) is 10.5 Å². The molecule has 0 radical (unpaired) electrons. The first-order valence-electron chi connectivity index (χ1n) is 8.37. The Morgan fingerprint density at radius 2 is 1.81 bits per heavy atom. The molecule has 0 saturated heterocycles. The molecule has 6 nitrogen and oxygen atoms in total. The summed E-state index contributed by atoms with van der Waals surface area (Å²) >= 11 is 1.55. The number of hydrogen-bond donors (Lipinski definition) is 2. The highest BCUT2D eigenvalue weighted by Crippen LogP contribution is 2.24. The highest BCUT2D eigenvalue weighted by atomic mass is 32.2. The van der Waals surface area contributed by atoms with Crippen molar-refractivity contribution in [2.45, 2.75) is 4.90 Å². The maximum atomic E-state index is 12.6. The van der Waals surface area contributed by atoms with Crippen molar-refractivity contribution >= 4 is 29.3 Å². The Balaban J connectivity index is 1.64. The molecule has 2 N–H and O–H groups in total. The van der Waals surface area contributed by atoms with Crippen LogP contribution in [0.25, 0.3) is 11.3 Å². The fourth-order valence-electron chi connectivity index (χ4n) is 2.62. The number of anilines is 1. The maximum Gasteiger partial charge on any atom is 0.272 e. The first-order valence-corrected chi connectivity index (χ1v) is 9.60. The monoisotopic (exact) mass is 380 g/mol. The number of hydrogen-bond acceptors (Lipinski definition) is 4. The van der Waals surface area contributed by atoms with Crippen molar-refractivity contribution in [3.05, 3.63) is 66.4 Å². The number of nitrogens with zero attached hydrogens (tertiary/aromatic N) is 2. The molecule has 7 heteroatoms. The third-order valence-electron chi connectivity index (χ3n) is 3.99. The Bertz CT molecular complexity index is 940. The number of thioether (sulfide) groups is 1. The quantitative estimate of drug-likeness (QED) is 0.642. The van der Waals surface area contributed by atoms with Crippen molar-refractivity contribution in [1.29, 1.82) is 0 Å². The Hall–Kier alpha value is -3.06. The first kappa shape index (κ1) is 18.7. The third-order valence-corrected chi connectivity index (χ3v) is 4.78. The Morgan fingerprint density at radius 3 is 2.56 bits per heavy atom. The molecule has 27 heavy (non-hydrogen) atoms. The Morgan fingerprint density at radius 1 is 1.11 bits per heavy atom. The molecule has 1 heterocycles. The van der Waals surface area contributed by atoms with Crippen LogP contribution in [-0.2, 0) is 4.79 Å². The molecule has 0 bridgehead atoms. The molecule has 0 fully saturated rings. The molecule has 0 unspecified atom stereocenters. The number of nitrogens with one attached hydrogen (secondary N) is 2. The molecular formula is C20H20N4O2S. The van der Waals surface area contributed by atoms with E-state index in [0.717, 1.165) is 16.1 Å². The number of carbonyl (C=O) groups is 2. The van der Waals surface area contributed by atoms with Crippen LogP contribution in [0.15, 0.2) is 65.6 Å². The van der Waals surface area contributed by atoms with Gasteiger partial charge in [0.1, 0.15) is 5.69 Å². The molecule has 3 rings (SSSR count). The Kier molecular flexibility index (Phi) is 5.93. The van der Waals surface area contributed by atoms with Crippen molar-refractivity contribution in [2.24, 2.45) is 0 Å². The van der Waals surface area contributed by atoms with Crippen LogP contribution in [0, 0.1) is 0 Å². The van der Waals surface area contributed by atoms with E-state index in [1.807, 2.05) is 60.9 Å². The highest BCUT2D eigenvalue weighted by molar-refractivity contribution is 7.98. The van der Waals surface area contributed by atoms with E-state index < -0.39 is 0 Å². The molecule has 1 aromatic heterocycles. The van der Waals surface area contributed by atoms with Crippen molar-refractivity contribution in [3.8, 4) is 11.3 Å². The van der Waals surface area contributed by atoms with Gasteiger partial charge in [0.05, 0.1) is 17.9 Å². The van der Waals surface area contributed by atoms with Crippen LogP contribution in [0.4, 0.5) is 5.69 Å². The summed E-state index contributed by atoms with van der Waals surface area (Å²) < 4.78 is 0. The van der Waals surface area contributed by atoms with Crippen molar-refractivity contribution in [3.63, 3.8) is 0 Å². The number of aromatic amines is 1. The van der Waals surface area contributed by atoms with Gasteiger partial charge in [-0.05, 0) is 24.5 Å². The Labute approximate surface area is 162 Å². The maximum absolute atomic E-state index is 12.6. The zero-order chi connectivity index (χ0) is 19.2. The standard InChI is InChI=1S/C20H20N4O2S/c1-24(13-19(25)21-15-10-6-7-11-18(15)27-2)20(26)17-12-16(22-23-17)14-8-4-3-5-9-14/h3-12H,13H2,1-2H3,(H,21,25)(H,22,23). The van der Waals surface area contributed by atoms with E-state index in [0.29, 0.717) is 11.4 Å². The van der Waals surface area contributed by atoms with Gasteiger partial charge in [0.2, 0.25) is 5.91 Å². The number of benzene rings is 2. The van der Waals surface area contributed by atoms with E-state index in [4.69, 9.17) is 0 Å². The number of likely N-dealkylation sites (N-methyl/N-ethyl adjacent to an activating group) is 1. The van der Waals surface area contributed by atoms with Crippen LogP contribution in [0.2, 0.25) is 0 Å². The summed E-state index contributed by atoms with van der Waals surface area (Å²) in [4.78, 5) is 27.2. The van der Waals surface area contributed by atoms with Crippen LogP contribution >= 0.6 is 11.8 Å². The van der Waals surface area contributed by atoms with Crippen LogP contribution < -0.4 is 5.32 Å². The summed E-state index contributed by atoms with van der Waals surface area (Å²) in [5, 5.41) is 9.78. The number of H-pyrrole nitrogens is 1. The lowest BCUT2D eigenvalue weighted by atomic mass is 10.1. The molecule has 0 aliphatic heterocycles. The van der Waals surface area contributed by atoms with E-state index in [1.165, 1.54) is 4.90 Å². The largest absolute Gasteiger partial charge is 0.331 e. The van der Waals surface area contributed by atoms with Crippen LogP contribution in [0.3, 0.4) is 0 Å². The second kappa shape index (κ2) is 8.55. The van der Waals surface area contributed by atoms with E-state index in [-0.39, 0.29) is 18.4 Å². The van der Waals surface area contributed by atoms with E-state index in [9.17, 15) is 9.59 Å². The number of carbonyl (C=O) groups excluding carboxylic acids is 2. The molecule has 0 saturated carbocycles. The number of amides is 2. The van der Waals surface area contributed by atoms with Crippen molar-refractivity contribution in [2.75, 3.05) is 25.2 Å². The van der Waals surface area contributed by atoms with E-state index in [2.05, 4.69) is 15.5 Å². The van der Waals surface area contributed by atoms with Crippen molar-refractivity contribution in [1.82, 2.24) is 15.1 Å². The summed E-state index contributed by atoms with van der Waals surface area (Å²) in [6.07, 6.45) is 1.95. The predicted molar refractivity (Wildman–Crippen MR) is 108 cm³/mol. The second-order valence-electron chi connectivity index (χ2n) is 5.94. The zero-order valence-corrected chi connectivity index (χ0v) is 15.9. The minimum atomic E-state index is -0.294. The molecule has 2 amide bonds. The lowest BCUT2D eigenvalue weighted by molar-refractivity contribution is -0.116. The molecule has 0 aliphatic carbocycles. The number of rotatable bonds is 6.